The lowest BCUT2D eigenvalue weighted by atomic mass is 10.0. The fraction of sp³-hybridized carbons (Fsp3) is 0.571. The van der Waals surface area contributed by atoms with E-state index in [1.807, 2.05) is 43.8 Å². The van der Waals surface area contributed by atoms with Crippen molar-refractivity contribution in [2.45, 2.75) is 75.8 Å². The lowest BCUT2D eigenvalue weighted by Gasteiger charge is -2.24. The van der Waals surface area contributed by atoms with Crippen LogP contribution in [0.4, 0.5) is 0 Å². The zero-order valence-corrected chi connectivity index (χ0v) is 16.4. The summed E-state index contributed by atoms with van der Waals surface area (Å²) in [4.78, 5) is 12.8. The van der Waals surface area contributed by atoms with Crippen LogP contribution in [0.25, 0.3) is 11.0 Å². The van der Waals surface area contributed by atoms with Gasteiger partial charge in [-0.1, -0.05) is 44.4 Å². The summed E-state index contributed by atoms with van der Waals surface area (Å²) >= 11 is 1.99. The maximum absolute atomic E-state index is 12.8. The van der Waals surface area contributed by atoms with Crippen molar-refractivity contribution in [3.05, 3.63) is 35.6 Å². The number of amides is 1. The zero-order valence-electron chi connectivity index (χ0n) is 15.6. The second-order valence-electron chi connectivity index (χ2n) is 7.67. The third kappa shape index (κ3) is 4.41. The van der Waals surface area contributed by atoms with Crippen molar-refractivity contribution in [1.29, 1.82) is 0 Å². The van der Waals surface area contributed by atoms with E-state index in [0.717, 1.165) is 28.7 Å². The number of benzene rings is 1. The van der Waals surface area contributed by atoms with Crippen LogP contribution in [0, 0.1) is 0 Å². The number of carbonyl (C=O) groups excluding carboxylic acids is 1. The van der Waals surface area contributed by atoms with Crippen molar-refractivity contribution in [2.75, 3.05) is 0 Å². The molecule has 1 aromatic carbocycles. The molecule has 0 aliphatic heterocycles. The average molecular weight is 360 g/mol. The van der Waals surface area contributed by atoms with Gasteiger partial charge in [-0.2, -0.15) is 11.8 Å². The molecular weight excluding hydrogens is 330 g/mol. The molecule has 1 aromatic heterocycles. The third-order valence-electron chi connectivity index (χ3n) is 5.26. The minimum atomic E-state index is -0.232. The predicted octanol–water partition coefficient (Wildman–Crippen LogP) is 5.92. The Labute approximate surface area is 154 Å². The largest absolute Gasteiger partial charge is 0.451 e. The maximum Gasteiger partial charge on any atom is 0.287 e. The number of carbonyl (C=O) groups is 1. The topological polar surface area (TPSA) is 42.2 Å². The summed E-state index contributed by atoms with van der Waals surface area (Å²) in [5, 5.41) is 4.91. The van der Waals surface area contributed by atoms with Crippen LogP contribution in [0.15, 0.2) is 28.7 Å². The standard InChI is InChI=1S/C21H29NO2S/c1-4-21(2,3)22-20(23)19-17(14-25-15-10-6-5-7-11-15)16-12-8-9-13-18(16)24-19/h8-9,12-13,15H,4-7,10-11,14H2,1-3H3,(H,22,23). The van der Waals surface area contributed by atoms with Crippen LogP contribution in [0.2, 0.25) is 0 Å². The minimum Gasteiger partial charge on any atom is -0.451 e. The molecule has 0 spiro atoms. The summed E-state index contributed by atoms with van der Waals surface area (Å²) in [6, 6.07) is 8.00. The van der Waals surface area contributed by atoms with Gasteiger partial charge in [-0.3, -0.25) is 4.79 Å². The molecule has 1 fully saturated rings. The molecule has 25 heavy (non-hydrogen) atoms. The highest BCUT2D eigenvalue weighted by Gasteiger charge is 2.26. The minimum absolute atomic E-state index is 0.0951. The van der Waals surface area contributed by atoms with E-state index in [1.165, 1.54) is 32.1 Å². The van der Waals surface area contributed by atoms with Crippen LogP contribution in [-0.4, -0.2) is 16.7 Å². The number of hydrogen-bond acceptors (Lipinski definition) is 3. The van der Waals surface area contributed by atoms with Gasteiger partial charge in [0.15, 0.2) is 5.76 Å². The summed E-state index contributed by atoms with van der Waals surface area (Å²) in [6.07, 6.45) is 7.51. The van der Waals surface area contributed by atoms with E-state index in [4.69, 9.17) is 4.42 Å². The first-order valence-electron chi connectivity index (χ1n) is 9.44. The SMILES string of the molecule is CCC(C)(C)NC(=O)c1oc2ccccc2c1CSC1CCCCC1. The molecule has 4 heteroatoms. The van der Waals surface area contributed by atoms with Crippen LogP contribution >= 0.6 is 11.8 Å². The fourth-order valence-corrected chi connectivity index (χ4v) is 4.67. The normalized spacial score (nSPS) is 16.3. The molecule has 1 aliphatic carbocycles. The molecule has 1 N–H and O–H groups in total. The highest BCUT2D eigenvalue weighted by molar-refractivity contribution is 7.99. The second-order valence-corrected chi connectivity index (χ2v) is 8.96. The fourth-order valence-electron chi connectivity index (χ4n) is 3.31. The number of thioether (sulfide) groups is 1. The van der Waals surface area contributed by atoms with E-state index in [1.54, 1.807) is 0 Å². The first-order valence-corrected chi connectivity index (χ1v) is 10.5. The zero-order chi connectivity index (χ0) is 17.9. The van der Waals surface area contributed by atoms with E-state index in [2.05, 4.69) is 18.3 Å². The Morgan fingerprint density at radius 3 is 2.68 bits per heavy atom. The smallest absolute Gasteiger partial charge is 0.287 e. The van der Waals surface area contributed by atoms with Gasteiger partial charge >= 0.3 is 0 Å². The van der Waals surface area contributed by atoms with Crippen molar-refractivity contribution in [2.24, 2.45) is 0 Å². The Hall–Kier alpha value is -1.42. The van der Waals surface area contributed by atoms with E-state index in [0.29, 0.717) is 11.0 Å². The van der Waals surface area contributed by atoms with Crippen molar-refractivity contribution < 1.29 is 9.21 Å². The van der Waals surface area contributed by atoms with Crippen LogP contribution < -0.4 is 5.32 Å². The maximum atomic E-state index is 12.8. The monoisotopic (exact) mass is 359 g/mol. The first-order chi connectivity index (χ1) is 12.0. The van der Waals surface area contributed by atoms with Gasteiger partial charge in [0.2, 0.25) is 0 Å². The molecule has 3 rings (SSSR count). The van der Waals surface area contributed by atoms with Gasteiger partial charge in [0.25, 0.3) is 5.91 Å². The highest BCUT2D eigenvalue weighted by Crippen LogP contribution is 2.35. The van der Waals surface area contributed by atoms with Crippen LogP contribution in [0.3, 0.4) is 0 Å². The lowest BCUT2D eigenvalue weighted by molar-refractivity contribution is 0.0884. The molecular formula is C21H29NO2S. The number of rotatable bonds is 6. The van der Waals surface area contributed by atoms with Crippen molar-refractivity contribution in [3.8, 4) is 0 Å². The molecule has 1 saturated carbocycles. The number of hydrogen-bond donors (Lipinski definition) is 1. The molecule has 0 bridgehead atoms. The lowest BCUT2D eigenvalue weighted by Crippen LogP contribution is -2.42. The van der Waals surface area contributed by atoms with Gasteiger partial charge in [-0.25, -0.2) is 0 Å². The molecule has 2 aromatic rings. The Kier molecular flexibility index (Phi) is 5.78. The summed E-state index contributed by atoms with van der Waals surface area (Å²) in [6.45, 7) is 6.17. The van der Waals surface area contributed by atoms with E-state index in [9.17, 15) is 4.79 Å². The highest BCUT2D eigenvalue weighted by atomic mass is 32.2. The molecule has 0 radical (unpaired) electrons. The number of fused-ring (bicyclic) bond motifs is 1. The molecule has 3 nitrogen and oxygen atoms in total. The van der Waals surface area contributed by atoms with Crippen LogP contribution in [-0.2, 0) is 5.75 Å². The summed E-state index contributed by atoms with van der Waals surface area (Å²) in [5.41, 5.74) is 1.63. The second kappa shape index (κ2) is 7.86. The molecule has 1 heterocycles. The number of nitrogens with one attached hydrogen (secondary N) is 1. The molecule has 0 atom stereocenters. The van der Waals surface area contributed by atoms with Crippen LogP contribution in [0.1, 0.15) is 75.4 Å². The Morgan fingerprint density at radius 2 is 1.96 bits per heavy atom. The van der Waals surface area contributed by atoms with Crippen molar-refractivity contribution in [1.82, 2.24) is 5.32 Å². The van der Waals surface area contributed by atoms with Gasteiger partial charge in [-0.05, 0) is 39.2 Å². The Bertz CT molecular complexity index is 729. The van der Waals surface area contributed by atoms with Crippen LogP contribution in [0.5, 0.6) is 0 Å². The van der Waals surface area contributed by atoms with E-state index in [-0.39, 0.29) is 11.4 Å². The van der Waals surface area contributed by atoms with Crippen molar-refractivity contribution in [3.63, 3.8) is 0 Å². The Balaban J connectivity index is 1.85. The Morgan fingerprint density at radius 1 is 1.24 bits per heavy atom. The molecule has 136 valence electrons. The van der Waals surface area contributed by atoms with Gasteiger partial charge in [0, 0.05) is 27.5 Å². The van der Waals surface area contributed by atoms with E-state index < -0.39 is 0 Å². The first kappa shape index (κ1) is 18.4. The molecule has 0 saturated heterocycles. The summed E-state index contributed by atoms with van der Waals surface area (Å²) in [5.74, 6) is 1.24. The number of para-hydroxylation sites is 1. The third-order valence-corrected chi connectivity index (χ3v) is 6.65. The van der Waals surface area contributed by atoms with E-state index >= 15 is 0 Å². The molecule has 1 amide bonds. The molecule has 1 aliphatic rings. The average Bonchev–Trinajstić information content (AvgIpc) is 2.99. The van der Waals surface area contributed by atoms with Gasteiger partial charge in [-0.15, -0.1) is 0 Å². The quantitative estimate of drug-likeness (QED) is 0.696. The van der Waals surface area contributed by atoms with Gasteiger partial charge in [0.1, 0.15) is 5.58 Å². The predicted molar refractivity (Wildman–Crippen MR) is 106 cm³/mol. The van der Waals surface area contributed by atoms with Gasteiger partial charge in [0.05, 0.1) is 0 Å². The molecule has 0 unspecified atom stereocenters. The summed E-state index contributed by atoms with van der Waals surface area (Å²) < 4.78 is 5.97. The summed E-state index contributed by atoms with van der Waals surface area (Å²) in [7, 11) is 0. The van der Waals surface area contributed by atoms with Gasteiger partial charge < -0.3 is 9.73 Å². The van der Waals surface area contributed by atoms with Crippen molar-refractivity contribution >= 4 is 28.6 Å². The number of furan rings is 1.